The maximum absolute atomic E-state index is 13.9. The van der Waals surface area contributed by atoms with Crippen molar-refractivity contribution >= 4 is 0 Å². The summed E-state index contributed by atoms with van der Waals surface area (Å²) in [6.45, 7) is 2.54. The second kappa shape index (κ2) is 10.7. The van der Waals surface area contributed by atoms with Gasteiger partial charge in [0.25, 0.3) is 0 Å². The van der Waals surface area contributed by atoms with E-state index in [9.17, 15) is 17.6 Å². The minimum Gasteiger partial charge on any atom is -0.200 e. The van der Waals surface area contributed by atoms with Crippen LogP contribution >= 0.6 is 0 Å². The lowest BCUT2D eigenvalue weighted by atomic mass is 9.68. The van der Waals surface area contributed by atoms with Gasteiger partial charge in [0.2, 0.25) is 0 Å². The van der Waals surface area contributed by atoms with Crippen LogP contribution in [0, 0.1) is 17.8 Å². The van der Waals surface area contributed by atoms with Crippen LogP contribution in [0.2, 0.25) is 0 Å². The maximum Gasteiger partial charge on any atom is 0.335 e. The van der Waals surface area contributed by atoms with Gasteiger partial charge in [0.1, 0.15) is 0 Å². The van der Waals surface area contributed by atoms with Gasteiger partial charge in [0.05, 0.1) is 0 Å². The van der Waals surface area contributed by atoms with Crippen LogP contribution in [0.1, 0.15) is 114 Å². The van der Waals surface area contributed by atoms with Gasteiger partial charge >= 0.3 is 11.8 Å². The number of hydrogen-bond donors (Lipinski definition) is 0. The fourth-order valence-electron chi connectivity index (χ4n) is 5.95. The molecule has 0 bridgehead atoms. The van der Waals surface area contributed by atoms with Crippen LogP contribution in [-0.2, 0) is 5.92 Å². The van der Waals surface area contributed by atoms with Crippen molar-refractivity contribution in [2.75, 3.05) is 0 Å². The van der Waals surface area contributed by atoms with Crippen molar-refractivity contribution in [3.05, 3.63) is 35.4 Å². The van der Waals surface area contributed by atoms with Gasteiger partial charge in [-0.05, 0) is 67.8 Å². The van der Waals surface area contributed by atoms with E-state index in [4.69, 9.17) is 0 Å². The predicted molar refractivity (Wildman–Crippen MR) is 120 cm³/mol. The summed E-state index contributed by atoms with van der Waals surface area (Å²) in [4.78, 5) is 0. The third-order valence-electron chi connectivity index (χ3n) is 8.09. The molecule has 2 aliphatic rings. The highest BCUT2D eigenvalue weighted by molar-refractivity contribution is 5.29. The monoisotopic (exact) mass is 440 g/mol. The molecule has 0 amide bonds. The third kappa shape index (κ3) is 6.26. The van der Waals surface area contributed by atoms with E-state index in [1.807, 2.05) is 0 Å². The molecule has 2 aliphatic carbocycles. The Morgan fingerprint density at radius 3 is 1.81 bits per heavy atom. The first-order valence-corrected chi connectivity index (χ1v) is 12.6. The van der Waals surface area contributed by atoms with Crippen LogP contribution in [0.25, 0.3) is 0 Å². The van der Waals surface area contributed by atoms with Crippen molar-refractivity contribution < 1.29 is 17.6 Å². The van der Waals surface area contributed by atoms with Crippen molar-refractivity contribution in [2.24, 2.45) is 17.8 Å². The van der Waals surface area contributed by atoms with Crippen LogP contribution in [-0.4, -0.2) is 5.92 Å². The molecule has 0 aromatic heterocycles. The summed E-state index contributed by atoms with van der Waals surface area (Å²) >= 11 is 0. The Morgan fingerprint density at radius 1 is 0.742 bits per heavy atom. The molecule has 0 nitrogen and oxygen atoms in total. The largest absolute Gasteiger partial charge is 0.335 e. The molecule has 2 fully saturated rings. The van der Waals surface area contributed by atoms with E-state index in [-0.39, 0.29) is 6.92 Å². The van der Waals surface area contributed by atoms with Gasteiger partial charge in [-0.25, -0.2) is 0 Å². The van der Waals surface area contributed by atoms with Gasteiger partial charge in [0.15, 0.2) is 0 Å². The van der Waals surface area contributed by atoms with Crippen LogP contribution < -0.4 is 0 Å². The molecule has 4 heteroatoms. The molecule has 2 saturated carbocycles. The van der Waals surface area contributed by atoms with E-state index in [0.717, 1.165) is 36.2 Å². The SMILES string of the molecule is CCCCCCC1CCC(C2CCC(c3ccc(C(F)(F)C(C)(F)F)cc3)CC2)CC1. The lowest BCUT2D eigenvalue weighted by Gasteiger charge is -2.38. The van der Waals surface area contributed by atoms with E-state index in [1.165, 1.54) is 82.8 Å². The first-order chi connectivity index (χ1) is 14.7. The predicted octanol–water partition coefficient (Wildman–Crippen LogP) is 9.48. The number of halogens is 4. The van der Waals surface area contributed by atoms with Gasteiger partial charge in [-0.15, -0.1) is 0 Å². The van der Waals surface area contributed by atoms with Crippen molar-refractivity contribution in [2.45, 2.75) is 115 Å². The zero-order valence-electron chi connectivity index (χ0n) is 19.3. The quantitative estimate of drug-likeness (QED) is 0.265. The Hall–Kier alpha value is -1.06. The number of rotatable bonds is 9. The Labute approximate surface area is 186 Å². The molecule has 0 spiro atoms. The summed E-state index contributed by atoms with van der Waals surface area (Å²) < 4.78 is 54.2. The summed E-state index contributed by atoms with van der Waals surface area (Å²) in [6, 6.07) is 5.68. The van der Waals surface area contributed by atoms with E-state index in [2.05, 4.69) is 6.92 Å². The normalized spacial score (nSPS) is 27.9. The van der Waals surface area contributed by atoms with Crippen LogP contribution in [0.15, 0.2) is 24.3 Å². The van der Waals surface area contributed by atoms with Crippen molar-refractivity contribution in [1.29, 1.82) is 0 Å². The molecule has 0 aliphatic heterocycles. The molecule has 31 heavy (non-hydrogen) atoms. The molecular weight excluding hydrogens is 400 g/mol. The zero-order valence-corrected chi connectivity index (χ0v) is 19.3. The minimum atomic E-state index is -4.13. The van der Waals surface area contributed by atoms with Gasteiger partial charge < -0.3 is 0 Å². The molecule has 0 saturated heterocycles. The maximum atomic E-state index is 13.9. The summed E-state index contributed by atoms with van der Waals surface area (Å²) in [5.41, 5.74) is 0.428. The van der Waals surface area contributed by atoms with Crippen LogP contribution in [0.3, 0.4) is 0 Å². The first kappa shape index (κ1) is 24.6. The number of alkyl halides is 4. The Bertz CT molecular complexity index is 645. The summed E-state index contributed by atoms with van der Waals surface area (Å²) in [7, 11) is 0. The zero-order chi connectivity index (χ0) is 22.5. The topological polar surface area (TPSA) is 0 Å². The molecule has 0 N–H and O–H groups in total. The fourth-order valence-corrected chi connectivity index (χ4v) is 5.95. The Morgan fingerprint density at radius 2 is 1.29 bits per heavy atom. The summed E-state index contributed by atoms with van der Waals surface area (Å²) in [5.74, 6) is -5.20. The smallest absolute Gasteiger partial charge is 0.200 e. The number of unbranched alkanes of at least 4 members (excludes halogenated alkanes) is 3. The lowest BCUT2D eigenvalue weighted by Crippen LogP contribution is -2.34. The number of hydrogen-bond acceptors (Lipinski definition) is 0. The molecule has 0 heterocycles. The van der Waals surface area contributed by atoms with E-state index in [1.54, 1.807) is 12.1 Å². The summed E-state index contributed by atoms with van der Waals surface area (Å²) in [6.07, 6.45) is 17.0. The molecule has 1 aromatic carbocycles. The van der Waals surface area contributed by atoms with E-state index < -0.39 is 17.4 Å². The molecule has 176 valence electrons. The van der Waals surface area contributed by atoms with Gasteiger partial charge in [-0.3, -0.25) is 0 Å². The van der Waals surface area contributed by atoms with Crippen LogP contribution in [0.4, 0.5) is 17.6 Å². The Kier molecular flexibility index (Phi) is 8.49. The highest BCUT2D eigenvalue weighted by Gasteiger charge is 2.53. The average Bonchev–Trinajstić information content (AvgIpc) is 2.77. The lowest BCUT2D eigenvalue weighted by molar-refractivity contribution is -0.204. The minimum absolute atomic E-state index is 0.280. The summed E-state index contributed by atoms with van der Waals surface area (Å²) in [5, 5.41) is 0. The molecule has 0 unspecified atom stereocenters. The van der Waals surface area contributed by atoms with E-state index in [0.29, 0.717) is 5.92 Å². The van der Waals surface area contributed by atoms with Crippen molar-refractivity contribution in [1.82, 2.24) is 0 Å². The fraction of sp³-hybridized carbons (Fsp3) is 0.778. The van der Waals surface area contributed by atoms with Gasteiger partial charge in [-0.2, -0.15) is 17.6 Å². The van der Waals surface area contributed by atoms with Crippen molar-refractivity contribution in [3.63, 3.8) is 0 Å². The number of benzene rings is 1. The molecular formula is C27H40F4. The van der Waals surface area contributed by atoms with Gasteiger partial charge in [-0.1, -0.05) is 76.1 Å². The first-order valence-electron chi connectivity index (χ1n) is 12.6. The Balaban J connectivity index is 1.44. The van der Waals surface area contributed by atoms with Gasteiger partial charge in [0, 0.05) is 12.5 Å². The van der Waals surface area contributed by atoms with Crippen LogP contribution in [0.5, 0.6) is 0 Å². The van der Waals surface area contributed by atoms with E-state index >= 15 is 0 Å². The highest BCUT2D eigenvalue weighted by Crippen LogP contribution is 2.46. The molecule has 3 rings (SSSR count). The molecule has 0 radical (unpaired) electrons. The highest BCUT2D eigenvalue weighted by atomic mass is 19.3. The second-order valence-corrected chi connectivity index (χ2v) is 10.3. The third-order valence-corrected chi connectivity index (χ3v) is 8.09. The van der Waals surface area contributed by atoms with Crippen molar-refractivity contribution in [3.8, 4) is 0 Å². The second-order valence-electron chi connectivity index (χ2n) is 10.3. The molecule has 0 atom stereocenters. The average molecular weight is 441 g/mol. The molecule has 1 aromatic rings. The standard InChI is InChI=1S/C27H40F4/c1-3-4-5-6-7-20-8-10-21(11-9-20)22-12-14-23(15-13-22)24-16-18-25(19-17-24)27(30,31)26(2,28)29/h16-23H,3-15H2,1-2H3.